The Morgan fingerprint density at radius 1 is 0.600 bits per heavy atom. The van der Waals surface area contributed by atoms with E-state index in [4.69, 9.17) is 0 Å². The van der Waals surface area contributed by atoms with Crippen LogP contribution < -0.4 is 21.3 Å². The van der Waals surface area contributed by atoms with Gasteiger partial charge >= 0.3 is 0 Å². The lowest BCUT2D eigenvalue weighted by atomic mass is 10.1. The fourth-order valence-electron chi connectivity index (χ4n) is 7.13. The number of nitrogens with zero attached hydrogens (tertiary/aromatic N) is 3. The molecule has 4 aromatic carbocycles. The summed E-state index contributed by atoms with van der Waals surface area (Å²) in [6.07, 6.45) is 4.40. The van der Waals surface area contributed by atoms with Gasteiger partial charge in [-0.15, -0.1) is 0 Å². The summed E-state index contributed by atoms with van der Waals surface area (Å²) in [6, 6.07) is 39.7. The van der Waals surface area contributed by atoms with Gasteiger partial charge in [-0.05, 0) is 81.8 Å². The third-order valence-electron chi connectivity index (χ3n) is 10.7. The second-order valence-electron chi connectivity index (χ2n) is 15.1. The first kappa shape index (κ1) is 41.3. The molecule has 4 saturated heterocycles. The Balaban J connectivity index is 0.000000406. The van der Waals surface area contributed by atoms with E-state index in [0.29, 0.717) is 0 Å². The van der Waals surface area contributed by atoms with E-state index >= 15 is 0 Å². The first-order valence-electron chi connectivity index (χ1n) is 19.5. The highest BCUT2D eigenvalue weighted by Crippen LogP contribution is 2.31. The molecule has 4 aliphatic rings. The van der Waals surface area contributed by atoms with E-state index in [0.717, 1.165) is 24.0 Å². The summed E-state index contributed by atoms with van der Waals surface area (Å²) >= 11 is 0. The number of nitrogens with one attached hydrogen (secondary N) is 4. The zero-order valence-corrected chi connectivity index (χ0v) is 33.2. The number of carbonyl (C=O) groups is 3. The van der Waals surface area contributed by atoms with Gasteiger partial charge in [0, 0.05) is 26.8 Å². The monoisotopic (exact) mass is 754 g/mol. The molecule has 4 heterocycles. The number of likely N-dealkylation sites (N-methyl/N-ethyl adjacent to an activating group) is 3. The van der Waals surface area contributed by atoms with Gasteiger partial charge in [0.15, 0.2) is 0 Å². The fraction of sp³-hybridized carbons (Fsp3) is 0.400. The Kier molecular flexibility index (Phi) is 14.7. The average Bonchev–Trinajstić information content (AvgIpc) is 3.98. The van der Waals surface area contributed by atoms with Gasteiger partial charge in [0.1, 0.15) is 12.2 Å². The molecule has 55 heavy (non-hydrogen) atoms. The van der Waals surface area contributed by atoms with Crippen molar-refractivity contribution in [1.29, 1.82) is 0 Å². The normalized spacial score (nSPS) is 24.1. The van der Waals surface area contributed by atoms with Crippen molar-refractivity contribution in [2.45, 2.75) is 82.6 Å². The van der Waals surface area contributed by atoms with Crippen LogP contribution in [0, 0.1) is 0 Å². The van der Waals surface area contributed by atoms with Crippen molar-refractivity contribution in [3.63, 3.8) is 0 Å². The molecule has 0 aromatic heterocycles. The molecule has 0 aliphatic carbocycles. The molecule has 4 N–H and O–H groups in total. The number of hydrogen-bond donors (Lipinski definition) is 4. The quantitative estimate of drug-likeness (QED) is 0.185. The van der Waals surface area contributed by atoms with E-state index in [9.17, 15) is 14.4 Å². The van der Waals surface area contributed by atoms with E-state index in [1.807, 2.05) is 139 Å². The summed E-state index contributed by atoms with van der Waals surface area (Å²) in [6.45, 7) is 8.55. The van der Waals surface area contributed by atoms with Crippen LogP contribution in [0.25, 0.3) is 0 Å². The molecule has 0 unspecified atom stereocenters. The lowest BCUT2D eigenvalue weighted by molar-refractivity contribution is -0.130. The van der Waals surface area contributed by atoms with Crippen LogP contribution in [0.4, 0.5) is 0 Å². The van der Waals surface area contributed by atoms with Crippen molar-refractivity contribution in [1.82, 2.24) is 36.0 Å². The van der Waals surface area contributed by atoms with Crippen LogP contribution in [0.5, 0.6) is 0 Å². The Hall–Kier alpha value is -4.87. The summed E-state index contributed by atoms with van der Waals surface area (Å²) < 4.78 is 0. The predicted molar refractivity (Wildman–Crippen MR) is 228 cm³/mol. The summed E-state index contributed by atoms with van der Waals surface area (Å²) in [5.74, 6) is 0.472. The Morgan fingerprint density at radius 3 is 1.49 bits per heavy atom. The SMILES string of the molecule is C1CCNC1.CN1C(=O)[C@H](Cc2ccccc2)NC1(C)C.CN1C(=O)[C@H](c2ccccc2)N[C@@H]1c1ccccc1.C[C@H]1N[C@@H](Cc2ccccc2)C(=O)N1C.[HH].[HH].[HH].[HH]. The standard InChI is InChI=1S/C16H16N2O.C13H18N2O.C12H16N2O.C4H9N.4H2/c1-18-15(13-10-6-3-7-11-13)17-14(16(18)19)12-8-4-2-5-9-12;1-13(2)14-11(12(16)15(13)3)9-10-7-5-4-6-8-10;1-9-13-11(12(15)14(9)2)8-10-6-4-3-5-7-10;1-2-4-5-3-1;;;;/h2-11,14-15,17H,1H3;4-8,11,14H,9H2,1-3H3;3-7,9,11,13H,8H2,1-2H3;5H,1-4H2;4*1H/t14-,15-;11-;9-,11-;;;;;/m000...../s1. The van der Waals surface area contributed by atoms with Crippen molar-refractivity contribution < 1.29 is 20.1 Å². The van der Waals surface area contributed by atoms with Crippen LogP contribution in [0.3, 0.4) is 0 Å². The van der Waals surface area contributed by atoms with Crippen LogP contribution in [0.1, 0.15) is 73.8 Å². The van der Waals surface area contributed by atoms with Crippen molar-refractivity contribution in [3.8, 4) is 0 Å². The van der Waals surface area contributed by atoms with Gasteiger partial charge in [-0.2, -0.15) is 0 Å². The molecule has 8 rings (SSSR count). The molecule has 0 bridgehead atoms. The molecule has 0 spiro atoms. The summed E-state index contributed by atoms with van der Waals surface area (Å²) in [4.78, 5) is 41.4. The highest BCUT2D eigenvalue weighted by Gasteiger charge is 2.41. The average molecular weight is 754 g/mol. The zero-order chi connectivity index (χ0) is 39.4. The number of benzene rings is 4. The topological polar surface area (TPSA) is 109 Å². The highest BCUT2D eigenvalue weighted by molar-refractivity contribution is 5.86. The molecule has 0 radical (unpaired) electrons. The summed E-state index contributed by atoms with van der Waals surface area (Å²) in [5.41, 5.74) is 4.27. The second-order valence-corrected chi connectivity index (χ2v) is 15.1. The van der Waals surface area contributed by atoms with Gasteiger partial charge in [-0.1, -0.05) is 121 Å². The molecule has 0 saturated carbocycles. The smallest absolute Gasteiger partial charge is 0.245 e. The van der Waals surface area contributed by atoms with E-state index in [1.54, 1.807) is 14.7 Å². The van der Waals surface area contributed by atoms with Gasteiger partial charge in [-0.25, -0.2) is 0 Å². The molecule has 10 nitrogen and oxygen atoms in total. The first-order chi connectivity index (χ1) is 26.5. The fourth-order valence-corrected chi connectivity index (χ4v) is 7.13. The maximum absolute atomic E-state index is 12.4. The Morgan fingerprint density at radius 2 is 1.07 bits per heavy atom. The van der Waals surface area contributed by atoms with Crippen molar-refractivity contribution in [2.75, 3.05) is 34.2 Å². The Labute approximate surface area is 333 Å². The zero-order valence-electron chi connectivity index (χ0n) is 33.2. The van der Waals surface area contributed by atoms with Crippen LogP contribution in [-0.2, 0) is 27.2 Å². The number of hydrogen-bond acceptors (Lipinski definition) is 7. The van der Waals surface area contributed by atoms with E-state index in [-0.39, 0.29) is 59.5 Å². The van der Waals surface area contributed by atoms with Crippen molar-refractivity contribution >= 4 is 17.7 Å². The lowest BCUT2D eigenvalue weighted by Gasteiger charge is -2.27. The highest BCUT2D eigenvalue weighted by atomic mass is 16.2. The van der Waals surface area contributed by atoms with E-state index in [1.165, 1.54) is 37.1 Å². The van der Waals surface area contributed by atoms with Gasteiger partial charge < -0.3 is 20.0 Å². The van der Waals surface area contributed by atoms with Crippen LogP contribution in [0.15, 0.2) is 121 Å². The minimum atomic E-state index is -0.253. The van der Waals surface area contributed by atoms with Crippen LogP contribution in [0.2, 0.25) is 0 Å². The van der Waals surface area contributed by atoms with Crippen LogP contribution >= 0.6 is 0 Å². The van der Waals surface area contributed by atoms with Crippen molar-refractivity contribution in [2.24, 2.45) is 0 Å². The van der Waals surface area contributed by atoms with Gasteiger partial charge in [0.2, 0.25) is 17.7 Å². The maximum atomic E-state index is 12.4. The first-order valence-corrected chi connectivity index (χ1v) is 19.5. The van der Waals surface area contributed by atoms with Crippen LogP contribution in [-0.4, -0.2) is 90.6 Å². The molecular weight excluding hydrogens is 687 g/mol. The number of amides is 3. The third kappa shape index (κ3) is 11.1. The van der Waals surface area contributed by atoms with E-state index < -0.39 is 0 Å². The second kappa shape index (κ2) is 19.6. The summed E-state index contributed by atoms with van der Waals surface area (Å²) in [5, 5.41) is 13.3. The Bertz CT molecular complexity index is 1800. The number of rotatable bonds is 6. The predicted octanol–water partition coefficient (Wildman–Crippen LogP) is 6.24. The molecule has 300 valence electrons. The van der Waals surface area contributed by atoms with E-state index in [2.05, 4.69) is 45.5 Å². The molecular formula is C45H67N7O3. The van der Waals surface area contributed by atoms with Gasteiger partial charge in [0.05, 0.1) is 23.9 Å². The minimum Gasteiger partial charge on any atom is -0.329 e. The maximum Gasteiger partial charge on any atom is 0.245 e. The molecule has 4 fully saturated rings. The molecule has 4 aliphatic heterocycles. The van der Waals surface area contributed by atoms with Gasteiger partial charge in [0.25, 0.3) is 0 Å². The number of carbonyl (C=O) groups excluding carboxylic acids is 3. The lowest BCUT2D eigenvalue weighted by Crippen LogP contribution is -2.45. The van der Waals surface area contributed by atoms with Crippen molar-refractivity contribution in [3.05, 3.63) is 144 Å². The molecule has 4 aromatic rings. The van der Waals surface area contributed by atoms with Gasteiger partial charge in [-0.3, -0.25) is 30.3 Å². The largest absolute Gasteiger partial charge is 0.329 e. The summed E-state index contributed by atoms with van der Waals surface area (Å²) in [7, 11) is 5.53. The molecule has 5 atom stereocenters. The molecule has 10 heteroatoms. The third-order valence-corrected chi connectivity index (χ3v) is 10.7. The molecule has 3 amide bonds. The minimum absolute atomic E-state index is 0.